The molecule has 0 bridgehead atoms. The molecule has 7 heteroatoms. The van der Waals surface area contributed by atoms with Gasteiger partial charge in [-0.2, -0.15) is 0 Å². The molecule has 0 aliphatic rings. The van der Waals surface area contributed by atoms with Crippen LogP contribution in [0.5, 0.6) is 5.75 Å². The predicted octanol–water partition coefficient (Wildman–Crippen LogP) is 3.79. The molecule has 1 heterocycles. The van der Waals surface area contributed by atoms with Crippen molar-refractivity contribution in [2.24, 2.45) is 0 Å². The third-order valence-corrected chi connectivity index (χ3v) is 5.56. The largest absolute Gasteiger partial charge is 0.497 e. The van der Waals surface area contributed by atoms with Gasteiger partial charge in [0.2, 0.25) is 0 Å². The lowest BCUT2D eigenvalue weighted by molar-refractivity contribution is 0.0706. The highest BCUT2D eigenvalue weighted by atomic mass is 16.5. The molecule has 4 aromatic rings. The Labute approximate surface area is 191 Å². The van der Waals surface area contributed by atoms with E-state index in [1.807, 2.05) is 48.5 Å². The van der Waals surface area contributed by atoms with Crippen molar-refractivity contribution >= 4 is 22.7 Å². The lowest BCUT2D eigenvalue weighted by Gasteiger charge is -2.07. The maximum absolute atomic E-state index is 12.4. The molecule has 0 aliphatic carbocycles. The molecular weight excluding hydrogens is 418 g/mol. The Morgan fingerprint density at radius 1 is 0.939 bits per heavy atom. The van der Waals surface area contributed by atoms with Crippen LogP contribution >= 0.6 is 0 Å². The first-order valence-electron chi connectivity index (χ1n) is 10.6. The zero-order chi connectivity index (χ0) is 23.2. The van der Waals surface area contributed by atoms with Gasteiger partial charge in [0.1, 0.15) is 5.75 Å². The van der Waals surface area contributed by atoms with Crippen LogP contribution < -0.4 is 15.5 Å². The molecule has 0 aliphatic heterocycles. The van der Waals surface area contributed by atoms with Gasteiger partial charge in [-0.25, -0.2) is 5.48 Å². The Hall–Kier alpha value is -4.10. The van der Waals surface area contributed by atoms with Crippen molar-refractivity contribution in [3.05, 3.63) is 101 Å². The summed E-state index contributed by atoms with van der Waals surface area (Å²) in [6.45, 7) is 1.12. The van der Waals surface area contributed by atoms with Gasteiger partial charge in [0.15, 0.2) is 0 Å². The van der Waals surface area contributed by atoms with Gasteiger partial charge in [0, 0.05) is 41.3 Å². The second-order valence-electron chi connectivity index (χ2n) is 7.68. The molecule has 3 aromatic carbocycles. The number of aromatic nitrogens is 1. The third kappa shape index (κ3) is 5.05. The Kier molecular flexibility index (Phi) is 6.71. The van der Waals surface area contributed by atoms with Crippen molar-refractivity contribution in [3.8, 4) is 5.75 Å². The molecule has 0 saturated heterocycles. The van der Waals surface area contributed by atoms with E-state index in [9.17, 15) is 9.59 Å². The molecule has 2 amide bonds. The van der Waals surface area contributed by atoms with Crippen LogP contribution in [0.25, 0.3) is 10.9 Å². The second kappa shape index (κ2) is 10.0. The van der Waals surface area contributed by atoms with Crippen molar-refractivity contribution in [2.75, 3.05) is 13.7 Å². The molecule has 0 saturated carbocycles. The van der Waals surface area contributed by atoms with Gasteiger partial charge in [-0.1, -0.05) is 30.3 Å². The number of fused-ring (bicyclic) bond motifs is 1. The van der Waals surface area contributed by atoms with E-state index in [4.69, 9.17) is 9.94 Å². The standard InChI is InChI=1S/C26H25N3O4/c1-33-22-11-12-24-23(15-22)21(13-14-27-25(30)19-5-3-2-4-6-19)17-29(24)16-18-7-9-20(10-8-18)26(31)28-32/h2-12,15,17,32H,13-14,16H2,1H3,(H,27,30)(H,28,31). The minimum atomic E-state index is -0.542. The Bertz CT molecular complexity index is 1260. The molecule has 7 nitrogen and oxygen atoms in total. The van der Waals surface area contributed by atoms with Gasteiger partial charge < -0.3 is 14.6 Å². The number of carbonyl (C=O) groups is 2. The average Bonchev–Trinajstić information content (AvgIpc) is 3.20. The minimum absolute atomic E-state index is 0.0936. The van der Waals surface area contributed by atoms with Crippen LogP contribution in [0, 0.1) is 0 Å². The highest BCUT2D eigenvalue weighted by Gasteiger charge is 2.12. The smallest absolute Gasteiger partial charge is 0.274 e. The number of hydroxylamine groups is 1. The number of hydrogen-bond donors (Lipinski definition) is 3. The second-order valence-corrected chi connectivity index (χ2v) is 7.68. The average molecular weight is 444 g/mol. The van der Waals surface area contributed by atoms with E-state index in [0.717, 1.165) is 27.8 Å². The summed E-state index contributed by atoms with van der Waals surface area (Å²) in [7, 11) is 1.64. The van der Waals surface area contributed by atoms with Crippen LogP contribution in [0.15, 0.2) is 79.0 Å². The molecule has 0 atom stereocenters. The zero-order valence-corrected chi connectivity index (χ0v) is 18.2. The quantitative estimate of drug-likeness (QED) is 0.285. The fourth-order valence-corrected chi connectivity index (χ4v) is 3.83. The SMILES string of the molecule is COc1ccc2c(c1)c(CCNC(=O)c1ccccc1)cn2Cc1ccc(C(=O)NO)cc1. The normalized spacial score (nSPS) is 10.7. The summed E-state index contributed by atoms with van der Waals surface area (Å²) in [6, 6.07) is 22.2. The number of nitrogens with one attached hydrogen (secondary N) is 2. The van der Waals surface area contributed by atoms with E-state index < -0.39 is 5.91 Å². The predicted molar refractivity (Wildman–Crippen MR) is 126 cm³/mol. The molecule has 33 heavy (non-hydrogen) atoms. The molecule has 3 N–H and O–H groups in total. The first kappa shape index (κ1) is 22.1. The van der Waals surface area contributed by atoms with E-state index in [0.29, 0.717) is 30.6 Å². The fraction of sp³-hybridized carbons (Fsp3) is 0.154. The number of benzene rings is 3. The molecule has 0 radical (unpaired) electrons. The lowest BCUT2D eigenvalue weighted by atomic mass is 10.1. The summed E-state index contributed by atoms with van der Waals surface area (Å²) in [6.07, 6.45) is 2.76. The number of methoxy groups -OCH3 is 1. The molecular formula is C26H25N3O4. The summed E-state index contributed by atoms with van der Waals surface area (Å²) in [5.41, 5.74) is 5.84. The summed E-state index contributed by atoms with van der Waals surface area (Å²) in [5.74, 6) is 0.137. The summed E-state index contributed by atoms with van der Waals surface area (Å²) < 4.78 is 7.56. The van der Waals surface area contributed by atoms with Crippen LogP contribution in [0.3, 0.4) is 0 Å². The fourth-order valence-electron chi connectivity index (χ4n) is 3.83. The van der Waals surface area contributed by atoms with Gasteiger partial charge in [-0.3, -0.25) is 14.8 Å². The number of ether oxygens (including phenoxy) is 1. The van der Waals surface area contributed by atoms with Crippen molar-refractivity contribution in [3.63, 3.8) is 0 Å². The van der Waals surface area contributed by atoms with Crippen molar-refractivity contribution in [1.82, 2.24) is 15.4 Å². The highest BCUT2D eigenvalue weighted by Crippen LogP contribution is 2.27. The number of amides is 2. The zero-order valence-electron chi connectivity index (χ0n) is 18.2. The molecule has 168 valence electrons. The van der Waals surface area contributed by atoms with Gasteiger partial charge in [0.05, 0.1) is 7.11 Å². The van der Waals surface area contributed by atoms with Crippen LogP contribution in [-0.2, 0) is 13.0 Å². The molecule has 4 rings (SSSR count). The van der Waals surface area contributed by atoms with Gasteiger partial charge in [0.25, 0.3) is 11.8 Å². The van der Waals surface area contributed by atoms with Gasteiger partial charge >= 0.3 is 0 Å². The number of rotatable bonds is 8. The Morgan fingerprint density at radius 2 is 1.67 bits per heavy atom. The van der Waals surface area contributed by atoms with Crippen LogP contribution in [0.1, 0.15) is 31.8 Å². The number of nitrogens with zero attached hydrogens (tertiary/aromatic N) is 1. The van der Waals surface area contributed by atoms with E-state index in [1.165, 1.54) is 0 Å². The highest BCUT2D eigenvalue weighted by molar-refractivity contribution is 5.94. The van der Waals surface area contributed by atoms with Crippen molar-refractivity contribution in [2.45, 2.75) is 13.0 Å². The maximum Gasteiger partial charge on any atom is 0.274 e. The van der Waals surface area contributed by atoms with Gasteiger partial charge in [-0.05, 0) is 60.0 Å². The summed E-state index contributed by atoms with van der Waals surface area (Å²) in [5, 5.41) is 12.8. The third-order valence-electron chi connectivity index (χ3n) is 5.56. The molecule has 0 spiro atoms. The maximum atomic E-state index is 12.4. The Morgan fingerprint density at radius 3 is 2.36 bits per heavy atom. The molecule has 1 aromatic heterocycles. The summed E-state index contributed by atoms with van der Waals surface area (Å²) >= 11 is 0. The Balaban J connectivity index is 1.54. The monoisotopic (exact) mass is 443 g/mol. The minimum Gasteiger partial charge on any atom is -0.497 e. The lowest BCUT2D eigenvalue weighted by Crippen LogP contribution is -2.25. The van der Waals surface area contributed by atoms with E-state index in [-0.39, 0.29) is 5.91 Å². The van der Waals surface area contributed by atoms with Gasteiger partial charge in [-0.15, -0.1) is 0 Å². The summed E-state index contributed by atoms with van der Waals surface area (Å²) in [4.78, 5) is 23.9. The molecule has 0 unspecified atom stereocenters. The van der Waals surface area contributed by atoms with E-state index >= 15 is 0 Å². The number of hydrogen-bond acceptors (Lipinski definition) is 4. The number of carbonyl (C=O) groups excluding carboxylic acids is 2. The topological polar surface area (TPSA) is 92.6 Å². The van der Waals surface area contributed by atoms with Crippen molar-refractivity contribution < 1.29 is 19.5 Å². The van der Waals surface area contributed by atoms with Crippen LogP contribution in [-0.4, -0.2) is 35.2 Å². The van der Waals surface area contributed by atoms with E-state index in [1.54, 1.807) is 36.9 Å². The van der Waals surface area contributed by atoms with Crippen LogP contribution in [0.4, 0.5) is 0 Å². The first-order valence-corrected chi connectivity index (χ1v) is 10.6. The molecule has 0 fully saturated rings. The first-order chi connectivity index (χ1) is 16.1. The van der Waals surface area contributed by atoms with E-state index in [2.05, 4.69) is 16.1 Å². The van der Waals surface area contributed by atoms with Crippen LogP contribution in [0.2, 0.25) is 0 Å². The van der Waals surface area contributed by atoms with Crippen molar-refractivity contribution in [1.29, 1.82) is 0 Å².